The molecule has 2 aromatic carbocycles. The van der Waals surface area contributed by atoms with Gasteiger partial charge in [-0.15, -0.1) is 0 Å². The van der Waals surface area contributed by atoms with Crippen LogP contribution in [0.1, 0.15) is 37.0 Å². The van der Waals surface area contributed by atoms with Crippen LogP contribution in [0.15, 0.2) is 65.8 Å². The van der Waals surface area contributed by atoms with E-state index in [1.165, 1.54) is 0 Å². The first-order valence-electron chi connectivity index (χ1n) is 10.5. The van der Waals surface area contributed by atoms with E-state index in [9.17, 15) is 9.59 Å². The molecule has 11 heteroatoms. The predicted octanol–water partition coefficient (Wildman–Crippen LogP) is 4.84. The fourth-order valence-corrected chi connectivity index (χ4v) is 3.79. The van der Waals surface area contributed by atoms with Gasteiger partial charge in [-0.2, -0.15) is 4.89 Å². The number of halogens is 3. The van der Waals surface area contributed by atoms with Crippen LogP contribution in [0, 0.1) is 0 Å². The second-order valence-electron chi connectivity index (χ2n) is 7.63. The van der Waals surface area contributed by atoms with Crippen molar-refractivity contribution >= 4 is 52.6 Å². The number of rotatable bonds is 7. The summed E-state index contributed by atoms with van der Waals surface area (Å²) in [4.78, 5) is 39.5. The number of carbonyl (C=O) groups is 2. The largest absolute Gasteiger partial charge is 0.438 e. The number of hydrogen-bond acceptors (Lipinski definition) is 7. The highest BCUT2D eigenvalue weighted by atomic mass is 35.6. The van der Waals surface area contributed by atoms with Crippen molar-refractivity contribution in [2.45, 2.75) is 41.7 Å². The molecule has 1 amide bonds. The molecule has 182 valence electrons. The maximum Gasteiger partial charge on any atom is 0.438 e. The lowest BCUT2D eigenvalue weighted by atomic mass is 10.0. The Hall–Kier alpha value is -2.36. The number of piperidine rings is 1. The molecule has 1 aliphatic rings. The molecular formula is C23H24Cl3N3O5. The molecule has 0 radical (unpaired) electrons. The van der Waals surface area contributed by atoms with E-state index in [2.05, 4.69) is 15.8 Å². The molecular weight excluding hydrogens is 505 g/mol. The average molecular weight is 529 g/mol. The first-order chi connectivity index (χ1) is 16.2. The molecule has 0 aromatic heterocycles. The van der Waals surface area contributed by atoms with E-state index in [4.69, 9.17) is 49.4 Å². The Bertz CT molecular complexity index is 978. The number of nitrogens with zero attached hydrogens (tertiary/aromatic N) is 1. The van der Waals surface area contributed by atoms with Gasteiger partial charge in [-0.05, 0) is 30.9 Å². The zero-order valence-corrected chi connectivity index (χ0v) is 20.5. The normalized spacial score (nSPS) is 19.7. The standard InChI is InChI=1S/C23H24Cl3N3O5/c1-15(16-8-4-2-5-9-16)29-32-21(30)19-13-12-18(14-27-19)28-22(31)34-33-20(23(24,25)26)17-10-6-3-7-11-17/h2-11,18-20,27H,12-14H2,1H3,(H,28,31)/t18-,19+,20?/m1/s1. The third-order valence-corrected chi connectivity index (χ3v) is 5.70. The summed E-state index contributed by atoms with van der Waals surface area (Å²) in [5.74, 6) is -0.493. The summed E-state index contributed by atoms with van der Waals surface area (Å²) in [6.45, 7) is 2.08. The number of hydrogen-bond donors (Lipinski definition) is 2. The van der Waals surface area contributed by atoms with Crippen molar-refractivity contribution in [3.63, 3.8) is 0 Å². The fourth-order valence-electron chi connectivity index (χ4n) is 3.30. The maximum atomic E-state index is 12.3. The molecule has 1 aliphatic heterocycles. The number of benzene rings is 2. The Morgan fingerprint density at radius 2 is 1.71 bits per heavy atom. The molecule has 8 nitrogen and oxygen atoms in total. The molecule has 3 rings (SSSR count). The number of alkyl halides is 3. The van der Waals surface area contributed by atoms with E-state index >= 15 is 0 Å². The van der Waals surface area contributed by atoms with Gasteiger partial charge in [0.2, 0.25) is 3.79 Å². The number of amides is 1. The third-order valence-electron chi connectivity index (χ3n) is 5.10. The van der Waals surface area contributed by atoms with Crippen LogP contribution in [0.25, 0.3) is 0 Å². The molecule has 1 unspecified atom stereocenters. The lowest BCUT2D eigenvalue weighted by Gasteiger charge is -2.28. The molecule has 2 aromatic rings. The van der Waals surface area contributed by atoms with Crippen LogP contribution >= 0.6 is 34.8 Å². The van der Waals surface area contributed by atoms with Gasteiger partial charge >= 0.3 is 12.1 Å². The van der Waals surface area contributed by atoms with Gasteiger partial charge in [0.1, 0.15) is 6.04 Å². The topological polar surface area (TPSA) is 98.2 Å². The van der Waals surface area contributed by atoms with Crippen molar-refractivity contribution in [1.82, 2.24) is 10.6 Å². The van der Waals surface area contributed by atoms with Gasteiger partial charge in [0.05, 0.1) is 5.71 Å². The van der Waals surface area contributed by atoms with E-state index in [0.29, 0.717) is 30.7 Å². The van der Waals surface area contributed by atoms with Gasteiger partial charge in [-0.3, -0.25) is 4.89 Å². The quantitative estimate of drug-likeness (QED) is 0.175. The maximum absolute atomic E-state index is 12.3. The molecule has 1 fully saturated rings. The van der Waals surface area contributed by atoms with Crippen LogP contribution in [-0.4, -0.2) is 40.2 Å². The van der Waals surface area contributed by atoms with Crippen LogP contribution in [0.4, 0.5) is 4.79 Å². The summed E-state index contributed by atoms with van der Waals surface area (Å²) in [5, 5.41) is 9.60. The molecule has 0 aliphatic carbocycles. The first-order valence-corrected chi connectivity index (χ1v) is 11.7. The first kappa shape index (κ1) is 26.2. The van der Waals surface area contributed by atoms with Gasteiger partial charge in [-0.25, -0.2) is 9.59 Å². The molecule has 34 heavy (non-hydrogen) atoms. The Labute approximate surface area is 212 Å². The zero-order chi connectivity index (χ0) is 24.6. The summed E-state index contributed by atoms with van der Waals surface area (Å²) in [6, 6.07) is 17.2. The predicted molar refractivity (Wildman–Crippen MR) is 130 cm³/mol. The van der Waals surface area contributed by atoms with Crippen molar-refractivity contribution in [2.75, 3.05) is 6.54 Å². The monoisotopic (exact) mass is 527 g/mol. The molecule has 3 atom stereocenters. The van der Waals surface area contributed by atoms with E-state index in [1.807, 2.05) is 30.3 Å². The molecule has 0 spiro atoms. The molecule has 2 N–H and O–H groups in total. The highest BCUT2D eigenvalue weighted by Crippen LogP contribution is 2.42. The van der Waals surface area contributed by atoms with Crippen molar-refractivity contribution < 1.29 is 24.2 Å². The summed E-state index contributed by atoms with van der Waals surface area (Å²) in [5.41, 5.74) is 1.98. The zero-order valence-electron chi connectivity index (χ0n) is 18.2. The molecule has 1 heterocycles. The molecule has 0 saturated carbocycles. The minimum absolute atomic E-state index is 0.294. The van der Waals surface area contributed by atoms with E-state index < -0.39 is 28.0 Å². The van der Waals surface area contributed by atoms with E-state index in [0.717, 1.165) is 5.56 Å². The SMILES string of the molecule is CC(=NOC(=O)[C@@H]1CC[C@@H](NC(=O)OOC(c2ccccc2)C(Cl)(Cl)Cl)CN1)c1ccccc1. The smallest absolute Gasteiger partial charge is 0.316 e. The van der Waals surface area contributed by atoms with Gasteiger partial charge < -0.3 is 15.5 Å². The number of nitrogens with one attached hydrogen (secondary N) is 2. The van der Waals surface area contributed by atoms with Crippen LogP contribution in [-0.2, 0) is 19.4 Å². The number of oxime groups is 1. The second-order valence-corrected chi connectivity index (χ2v) is 10.0. The van der Waals surface area contributed by atoms with Crippen molar-refractivity contribution in [2.24, 2.45) is 5.16 Å². The van der Waals surface area contributed by atoms with E-state index in [-0.39, 0.29) is 6.04 Å². The van der Waals surface area contributed by atoms with E-state index in [1.54, 1.807) is 37.3 Å². The van der Waals surface area contributed by atoms with Gasteiger partial charge in [-0.1, -0.05) is 101 Å². The van der Waals surface area contributed by atoms with Crippen LogP contribution in [0.5, 0.6) is 0 Å². The van der Waals surface area contributed by atoms with Gasteiger partial charge in [0, 0.05) is 12.6 Å². The summed E-state index contributed by atoms with van der Waals surface area (Å²) < 4.78 is -1.86. The lowest BCUT2D eigenvalue weighted by molar-refractivity contribution is -0.275. The Kier molecular flexibility index (Phi) is 9.55. The summed E-state index contributed by atoms with van der Waals surface area (Å²) >= 11 is 17.9. The summed E-state index contributed by atoms with van der Waals surface area (Å²) in [7, 11) is 0. The minimum Gasteiger partial charge on any atom is -0.316 e. The average Bonchev–Trinajstić information content (AvgIpc) is 2.83. The second kappa shape index (κ2) is 12.4. The van der Waals surface area contributed by atoms with Gasteiger partial charge in [0.25, 0.3) is 0 Å². The minimum atomic E-state index is -1.86. The Morgan fingerprint density at radius 3 is 2.29 bits per heavy atom. The lowest BCUT2D eigenvalue weighted by Crippen LogP contribution is -2.52. The van der Waals surface area contributed by atoms with Crippen LogP contribution in [0.3, 0.4) is 0 Å². The number of carbonyl (C=O) groups excluding carboxylic acids is 2. The molecule has 1 saturated heterocycles. The Balaban J connectivity index is 1.43. The highest BCUT2D eigenvalue weighted by Gasteiger charge is 2.37. The Morgan fingerprint density at radius 1 is 1.06 bits per heavy atom. The third kappa shape index (κ3) is 7.85. The van der Waals surface area contributed by atoms with Crippen molar-refractivity contribution in [3.8, 4) is 0 Å². The highest BCUT2D eigenvalue weighted by molar-refractivity contribution is 6.68. The molecule has 0 bridgehead atoms. The van der Waals surface area contributed by atoms with Crippen molar-refractivity contribution in [3.05, 3.63) is 71.8 Å². The van der Waals surface area contributed by atoms with Crippen LogP contribution < -0.4 is 10.6 Å². The van der Waals surface area contributed by atoms with Crippen LogP contribution in [0.2, 0.25) is 0 Å². The summed E-state index contributed by atoms with van der Waals surface area (Å²) in [6.07, 6.45) is -1.01. The van der Waals surface area contributed by atoms with Crippen molar-refractivity contribution in [1.29, 1.82) is 0 Å². The fraction of sp³-hybridized carbons (Fsp3) is 0.348. The van der Waals surface area contributed by atoms with Gasteiger partial charge in [0.15, 0.2) is 6.10 Å².